The van der Waals surface area contributed by atoms with Crippen molar-refractivity contribution in [2.45, 2.75) is 32.9 Å². The molecular weight excluding hydrogens is 417 g/mol. The molecule has 0 radical (unpaired) electrons. The molecule has 0 saturated carbocycles. The van der Waals surface area contributed by atoms with Crippen LogP contribution in [0.3, 0.4) is 0 Å². The fourth-order valence-electron chi connectivity index (χ4n) is 2.28. The van der Waals surface area contributed by atoms with E-state index in [0.29, 0.717) is 12.6 Å². The number of halogens is 1. The molecule has 0 aromatic carbocycles. The molecule has 0 saturated heterocycles. The minimum Gasteiger partial charge on any atom is -0.355 e. The van der Waals surface area contributed by atoms with Crippen molar-refractivity contribution >= 4 is 35.6 Å². The Hall–Kier alpha value is -1.42. The average molecular weight is 445 g/mol. The zero-order valence-corrected chi connectivity index (χ0v) is 17.2. The highest BCUT2D eigenvalue weighted by Gasteiger charge is 2.07. The monoisotopic (exact) mass is 445 g/mol. The van der Waals surface area contributed by atoms with Crippen molar-refractivity contribution in [3.05, 3.63) is 30.2 Å². The smallest absolute Gasteiger partial charge is 0.191 e. The van der Waals surface area contributed by atoms with Crippen LogP contribution in [-0.2, 0) is 6.54 Å². The number of aromatic nitrogens is 3. The summed E-state index contributed by atoms with van der Waals surface area (Å²) in [5, 5.41) is 15.0. The average Bonchev–Trinajstić information content (AvgIpc) is 3.00. The van der Waals surface area contributed by atoms with E-state index in [4.69, 9.17) is 0 Å². The van der Waals surface area contributed by atoms with E-state index in [9.17, 15) is 0 Å². The number of likely N-dealkylation sites (N-methyl/N-ethyl adjacent to an activating group) is 1. The Bertz CT molecular complexity index is 640. The molecule has 24 heavy (non-hydrogen) atoms. The largest absolute Gasteiger partial charge is 0.355 e. The van der Waals surface area contributed by atoms with Gasteiger partial charge in [-0.1, -0.05) is 13.0 Å². The number of nitrogens with one attached hydrogen (secondary N) is 2. The lowest BCUT2D eigenvalue weighted by atomic mass is 10.2. The van der Waals surface area contributed by atoms with E-state index in [1.54, 1.807) is 7.05 Å². The van der Waals surface area contributed by atoms with Gasteiger partial charge >= 0.3 is 0 Å². The molecule has 2 aromatic heterocycles. The first kappa shape index (κ1) is 20.6. The van der Waals surface area contributed by atoms with Gasteiger partial charge in [-0.2, -0.15) is 0 Å². The van der Waals surface area contributed by atoms with E-state index in [1.807, 2.05) is 28.8 Å². The van der Waals surface area contributed by atoms with Crippen LogP contribution in [0.15, 0.2) is 29.4 Å². The lowest BCUT2D eigenvalue weighted by Gasteiger charge is -2.23. The lowest BCUT2D eigenvalue weighted by Crippen LogP contribution is -2.42. The van der Waals surface area contributed by atoms with E-state index in [2.05, 4.69) is 51.6 Å². The van der Waals surface area contributed by atoms with E-state index in [-0.39, 0.29) is 24.0 Å². The molecule has 2 rings (SSSR count). The SMILES string of the molecule is CCC(C)N(C)CCNC(=NC)NCc1nnc2ccccn12.I. The van der Waals surface area contributed by atoms with Crippen molar-refractivity contribution in [2.75, 3.05) is 27.2 Å². The van der Waals surface area contributed by atoms with Crippen molar-refractivity contribution < 1.29 is 0 Å². The summed E-state index contributed by atoms with van der Waals surface area (Å²) >= 11 is 0. The molecule has 0 fully saturated rings. The summed E-state index contributed by atoms with van der Waals surface area (Å²) in [6.07, 6.45) is 3.12. The molecule has 0 aliphatic rings. The van der Waals surface area contributed by atoms with E-state index in [1.165, 1.54) is 0 Å². The second kappa shape index (κ2) is 10.4. The van der Waals surface area contributed by atoms with Gasteiger partial charge in [0.15, 0.2) is 17.4 Å². The molecule has 8 heteroatoms. The summed E-state index contributed by atoms with van der Waals surface area (Å²) in [5.74, 6) is 1.63. The minimum absolute atomic E-state index is 0. The summed E-state index contributed by atoms with van der Waals surface area (Å²) in [6, 6.07) is 6.45. The number of hydrogen-bond donors (Lipinski definition) is 2. The third-order valence-electron chi connectivity index (χ3n) is 4.12. The number of aliphatic imine (C=N–C) groups is 1. The minimum atomic E-state index is 0. The summed E-state index contributed by atoms with van der Waals surface area (Å²) < 4.78 is 1.97. The standard InChI is InChI=1S/C16H27N7.HI/c1-5-13(2)22(4)11-9-18-16(17-3)19-12-15-21-20-14-8-6-7-10-23(14)15;/h6-8,10,13H,5,9,11-12H2,1-4H3,(H2,17,18,19);1H. The summed E-state index contributed by atoms with van der Waals surface area (Å²) in [5.41, 5.74) is 0.849. The van der Waals surface area contributed by atoms with Crippen LogP contribution in [0.5, 0.6) is 0 Å². The second-order valence-corrected chi connectivity index (χ2v) is 5.64. The van der Waals surface area contributed by atoms with Crippen LogP contribution in [-0.4, -0.2) is 58.7 Å². The highest BCUT2D eigenvalue weighted by Crippen LogP contribution is 2.02. The summed E-state index contributed by atoms with van der Waals surface area (Å²) in [4.78, 5) is 6.59. The predicted molar refractivity (Wildman–Crippen MR) is 109 cm³/mol. The number of guanidine groups is 1. The molecule has 0 bridgehead atoms. The maximum Gasteiger partial charge on any atom is 0.191 e. The molecule has 7 nitrogen and oxygen atoms in total. The fraction of sp³-hybridized carbons (Fsp3) is 0.562. The maximum atomic E-state index is 4.25. The predicted octanol–water partition coefficient (Wildman–Crippen LogP) is 1.74. The molecule has 2 aromatic rings. The van der Waals surface area contributed by atoms with Gasteiger partial charge < -0.3 is 15.5 Å². The molecular formula is C16H28IN7. The molecule has 1 atom stereocenters. The van der Waals surface area contributed by atoms with E-state index >= 15 is 0 Å². The highest BCUT2D eigenvalue weighted by molar-refractivity contribution is 14.0. The Balaban J connectivity index is 0.00000288. The van der Waals surface area contributed by atoms with Crippen LogP contribution in [0.4, 0.5) is 0 Å². The van der Waals surface area contributed by atoms with Gasteiger partial charge in [-0.15, -0.1) is 34.2 Å². The molecule has 0 amide bonds. The van der Waals surface area contributed by atoms with Crippen LogP contribution >= 0.6 is 24.0 Å². The van der Waals surface area contributed by atoms with Crippen molar-refractivity contribution in [1.82, 2.24) is 30.1 Å². The Morgan fingerprint density at radius 1 is 1.33 bits per heavy atom. The number of fused-ring (bicyclic) bond motifs is 1. The number of rotatable bonds is 7. The number of pyridine rings is 1. The zero-order chi connectivity index (χ0) is 16.7. The summed E-state index contributed by atoms with van der Waals surface area (Å²) in [7, 11) is 3.92. The number of nitrogens with zero attached hydrogens (tertiary/aromatic N) is 5. The molecule has 1 unspecified atom stereocenters. The first-order valence-corrected chi connectivity index (χ1v) is 8.09. The quantitative estimate of drug-likeness (QED) is 0.386. The normalized spacial score (nSPS) is 13.0. The van der Waals surface area contributed by atoms with Crippen molar-refractivity contribution in [3.63, 3.8) is 0 Å². The van der Waals surface area contributed by atoms with Crippen molar-refractivity contribution in [3.8, 4) is 0 Å². The zero-order valence-electron chi connectivity index (χ0n) is 14.9. The van der Waals surface area contributed by atoms with Crippen molar-refractivity contribution in [2.24, 2.45) is 4.99 Å². The van der Waals surface area contributed by atoms with Gasteiger partial charge in [-0.05, 0) is 32.5 Å². The molecule has 2 N–H and O–H groups in total. The summed E-state index contributed by atoms with van der Waals surface area (Å²) in [6.45, 7) is 6.85. The van der Waals surface area contributed by atoms with Crippen LogP contribution in [0.25, 0.3) is 5.65 Å². The van der Waals surface area contributed by atoms with Gasteiger partial charge in [0.25, 0.3) is 0 Å². The molecule has 0 spiro atoms. The molecule has 134 valence electrons. The van der Waals surface area contributed by atoms with Gasteiger partial charge in [0, 0.05) is 32.4 Å². The second-order valence-electron chi connectivity index (χ2n) is 5.64. The Morgan fingerprint density at radius 3 is 2.83 bits per heavy atom. The third-order valence-corrected chi connectivity index (χ3v) is 4.12. The van der Waals surface area contributed by atoms with Gasteiger partial charge in [-0.3, -0.25) is 9.39 Å². The molecule has 2 heterocycles. The van der Waals surface area contributed by atoms with Gasteiger partial charge in [0.1, 0.15) is 0 Å². The maximum absolute atomic E-state index is 4.25. The van der Waals surface area contributed by atoms with Gasteiger partial charge in [0.2, 0.25) is 0 Å². The van der Waals surface area contributed by atoms with Gasteiger partial charge in [-0.25, -0.2) is 0 Å². The van der Waals surface area contributed by atoms with Crippen molar-refractivity contribution in [1.29, 1.82) is 0 Å². The topological polar surface area (TPSA) is 69.8 Å². The van der Waals surface area contributed by atoms with Crippen LogP contribution in [0, 0.1) is 0 Å². The van der Waals surface area contributed by atoms with Crippen LogP contribution < -0.4 is 10.6 Å². The first-order valence-electron chi connectivity index (χ1n) is 8.09. The van der Waals surface area contributed by atoms with E-state index < -0.39 is 0 Å². The van der Waals surface area contributed by atoms with Crippen LogP contribution in [0.2, 0.25) is 0 Å². The lowest BCUT2D eigenvalue weighted by molar-refractivity contribution is 0.255. The Kier molecular flexibility index (Phi) is 8.98. The van der Waals surface area contributed by atoms with Gasteiger partial charge in [0.05, 0.1) is 6.54 Å². The third kappa shape index (κ3) is 5.59. The fourth-order valence-corrected chi connectivity index (χ4v) is 2.28. The Morgan fingerprint density at radius 2 is 2.12 bits per heavy atom. The first-order chi connectivity index (χ1) is 11.2. The molecule has 0 aliphatic heterocycles. The van der Waals surface area contributed by atoms with E-state index in [0.717, 1.165) is 36.9 Å². The molecule has 0 aliphatic carbocycles. The number of hydrogen-bond acceptors (Lipinski definition) is 4. The Labute approximate surface area is 161 Å². The van der Waals surface area contributed by atoms with Crippen LogP contribution in [0.1, 0.15) is 26.1 Å². The highest BCUT2D eigenvalue weighted by atomic mass is 127.